The fraction of sp³-hybridized carbons (Fsp3) is 0.450. The van der Waals surface area contributed by atoms with Crippen molar-refractivity contribution in [3.8, 4) is 5.88 Å². The molecule has 0 bridgehead atoms. The number of carbonyl (C=O) groups is 1. The smallest absolute Gasteiger partial charge is 0.335 e. The minimum Gasteiger partial charge on any atom is -0.478 e. The Morgan fingerprint density at radius 1 is 1.19 bits per heavy atom. The Balaban J connectivity index is 2.12. The molecule has 0 saturated carbocycles. The molecule has 2 heterocycles. The van der Waals surface area contributed by atoms with Crippen LogP contribution in [0.3, 0.4) is 0 Å². The minimum atomic E-state index is -1.04. The first-order chi connectivity index (χ1) is 12.9. The number of aliphatic hydroxyl groups is 1. The van der Waals surface area contributed by atoms with Crippen molar-refractivity contribution in [2.45, 2.75) is 46.9 Å². The summed E-state index contributed by atoms with van der Waals surface area (Å²) < 4.78 is 5.50. The predicted octanol–water partition coefficient (Wildman–Crippen LogP) is 2.55. The molecule has 0 aliphatic rings. The van der Waals surface area contributed by atoms with Crippen LogP contribution in [-0.2, 0) is 26.1 Å². The summed E-state index contributed by atoms with van der Waals surface area (Å²) in [7, 11) is 0. The van der Waals surface area contributed by atoms with Crippen LogP contribution in [0.5, 0.6) is 5.88 Å². The zero-order valence-electron chi connectivity index (χ0n) is 16.0. The Morgan fingerprint density at radius 2 is 1.93 bits per heavy atom. The fourth-order valence-corrected chi connectivity index (χ4v) is 2.77. The number of pyridine rings is 2. The van der Waals surface area contributed by atoms with Gasteiger partial charge < -0.3 is 20.3 Å². The van der Waals surface area contributed by atoms with Crippen LogP contribution in [0.1, 0.15) is 53.8 Å². The van der Waals surface area contributed by atoms with E-state index in [-0.39, 0.29) is 12.2 Å². The largest absolute Gasteiger partial charge is 0.478 e. The number of aromatic carboxylic acids is 1. The molecule has 0 saturated heterocycles. The van der Waals surface area contributed by atoms with Gasteiger partial charge in [-0.15, -0.1) is 0 Å². The van der Waals surface area contributed by atoms with Crippen molar-refractivity contribution in [3.05, 3.63) is 52.5 Å². The van der Waals surface area contributed by atoms with Gasteiger partial charge in [-0.3, -0.25) is 4.98 Å². The van der Waals surface area contributed by atoms with Gasteiger partial charge >= 0.3 is 5.97 Å². The van der Waals surface area contributed by atoms with E-state index < -0.39 is 5.97 Å². The molecular formula is C20H27N3O4. The third-order valence-corrected chi connectivity index (χ3v) is 3.90. The summed E-state index contributed by atoms with van der Waals surface area (Å²) in [4.78, 5) is 20.1. The van der Waals surface area contributed by atoms with Crippen molar-refractivity contribution in [2.75, 3.05) is 6.61 Å². The molecule has 2 aromatic heterocycles. The lowest BCUT2D eigenvalue weighted by Gasteiger charge is -2.14. The lowest BCUT2D eigenvalue weighted by Crippen LogP contribution is -2.18. The highest BCUT2D eigenvalue weighted by molar-refractivity contribution is 5.87. The highest BCUT2D eigenvalue weighted by Crippen LogP contribution is 2.17. The van der Waals surface area contributed by atoms with E-state index >= 15 is 0 Å². The summed E-state index contributed by atoms with van der Waals surface area (Å²) in [6.07, 6.45) is 0.915. The third kappa shape index (κ3) is 6.30. The molecular weight excluding hydrogens is 346 g/mol. The molecule has 0 atom stereocenters. The average molecular weight is 373 g/mol. The van der Waals surface area contributed by atoms with Crippen LogP contribution in [0.2, 0.25) is 0 Å². The molecule has 0 unspecified atom stereocenters. The van der Waals surface area contributed by atoms with Gasteiger partial charge in [0, 0.05) is 19.2 Å². The van der Waals surface area contributed by atoms with Crippen molar-refractivity contribution in [1.29, 1.82) is 0 Å². The van der Waals surface area contributed by atoms with E-state index in [2.05, 4.69) is 29.1 Å². The van der Waals surface area contributed by atoms with Crippen LogP contribution >= 0.6 is 0 Å². The number of ether oxygens (including phenoxy) is 1. The molecule has 0 spiro atoms. The molecule has 0 amide bonds. The second-order valence-corrected chi connectivity index (χ2v) is 6.69. The zero-order valence-corrected chi connectivity index (χ0v) is 16.0. The molecule has 7 nitrogen and oxygen atoms in total. The molecule has 3 N–H and O–H groups in total. The summed E-state index contributed by atoms with van der Waals surface area (Å²) in [5.41, 5.74) is 3.08. The molecule has 0 fully saturated rings. The summed E-state index contributed by atoms with van der Waals surface area (Å²) in [6.45, 7) is 7.37. The second kappa shape index (κ2) is 9.99. The van der Waals surface area contributed by atoms with Crippen LogP contribution in [0.15, 0.2) is 24.3 Å². The lowest BCUT2D eigenvalue weighted by atomic mass is 10.0. The number of hydrogen-bond donors (Lipinski definition) is 3. The summed E-state index contributed by atoms with van der Waals surface area (Å²) in [5.74, 6) is 0.0542. The van der Waals surface area contributed by atoms with Gasteiger partial charge in [0.25, 0.3) is 0 Å². The predicted molar refractivity (Wildman–Crippen MR) is 102 cm³/mol. The molecule has 0 aromatic carbocycles. The molecule has 146 valence electrons. The van der Waals surface area contributed by atoms with Gasteiger partial charge in [-0.1, -0.05) is 19.9 Å². The first kappa shape index (κ1) is 20.8. The van der Waals surface area contributed by atoms with E-state index in [0.29, 0.717) is 42.9 Å². The number of rotatable bonds is 10. The molecule has 27 heavy (non-hydrogen) atoms. The van der Waals surface area contributed by atoms with Crippen molar-refractivity contribution >= 4 is 5.97 Å². The highest BCUT2D eigenvalue weighted by atomic mass is 16.5. The fourth-order valence-electron chi connectivity index (χ4n) is 2.77. The number of hydrogen-bond acceptors (Lipinski definition) is 6. The third-order valence-electron chi connectivity index (χ3n) is 3.90. The van der Waals surface area contributed by atoms with Crippen molar-refractivity contribution in [2.24, 2.45) is 5.92 Å². The SMILES string of the molecule is CCOc1ccc(CC(C)C)c(CNCc2cc(C(=O)O)cc(CO)n2)n1. The Kier molecular flexibility index (Phi) is 7.69. The van der Waals surface area contributed by atoms with Crippen LogP contribution in [0.4, 0.5) is 0 Å². The van der Waals surface area contributed by atoms with Crippen LogP contribution in [-0.4, -0.2) is 32.8 Å². The van der Waals surface area contributed by atoms with Gasteiger partial charge in [-0.25, -0.2) is 9.78 Å². The number of carboxylic acid groups (broad SMARTS) is 1. The Hall–Kier alpha value is -2.51. The molecule has 0 aliphatic carbocycles. The van der Waals surface area contributed by atoms with E-state index in [1.165, 1.54) is 12.1 Å². The minimum absolute atomic E-state index is 0.114. The van der Waals surface area contributed by atoms with Crippen molar-refractivity contribution < 1.29 is 19.7 Å². The molecule has 0 radical (unpaired) electrons. The van der Waals surface area contributed by atoms with E-state index in [9.17, 15) is 15.0 Å². The lowest BCUT2D eigenvalue weighted by molar-refractivity contribution is 0.0696. The summed E-state index contributed by atoms with van der Waals surface area (Å²) >= 11 is 0. The Bertz CT molecular complexity index is 778. The van der Waals surface area contributed by atoms with Crippen LogP contribution < -0.4 is 10.1 Å². The van der Waals surface area contributed by atoms with Gasteiger partial charge in [-0.2, -0.15) is 0 Å². The van der Waals surface area contributed by atoms with Crippen LogP contribution in [0.25, 0.3) is 0 Å². The zero-order chi connectivity index (χ0) is 19.8. The van der Waals surface area contributed by atoms with Crippen molar-refractivity contribution in [1.82, 2.24) is 15.3 Å². The average Bonchev–Trinajstić information content (AvgIpc) is 2.63. The first-order valence-electron chi connectivity index (χ1n) is 9.09. The summed E-state index contributed by atoms with van der Waals surface area (Å²) in [6, 6.07) is 6.81. The van der Waals surface area contributed by atoms with Crippen molar-refractivity contribution in [3.63, 3.8) is 0 Å². The maximum atomic E-state index is 11.2. The van der Waals surface area contributed by atoms with Gasteiger partial charge in [-0.05, 0) is 37.0 Å². The monoisotopic (exact) mass is 373 g/mol. The first-order valence-corrected chi connectivity index (χ1v) is 9.09. The van der Waals surface area contributed by atoms with Crippen LogP contribution in [0, 0.1) is 5.92 Å². The molecule has 7 heteroatoms. The van der Waals surface area contributed by atoms with Gasteiger partial charge in [0.05, 0.1) is 35.9 Å². The van der Waals surface area contributed by atoms with E-state index in [1.54, 1.807) is 0 Å². The Labute approximate surface area is 159 Å². The summed E-state index contributed by atoms with van der Waals surface area (Å²) in [5, 5.41) is 21.7. The topological polar surface area (TPSA) is 105 Å². The van der Waals surface area contributed by atoms with Gasteiger partial charge in [0.2, 0.25) is 5.88 Å². The van der Waals surface area contributed by atoms with E-state index in [0.717, 1.165) is 17.7 Å². The standard InChI is InChI=1S/C20H27N3O4/c1-4-27-19-6-5-14(7-13(2)3)18(23-19)11-21-10-16-8-15(20(25)26)9-17(12-24)22-16/h5-6,8-9,13,21,24H,4,7,10-12H2,1-3H3,(H,25,26). The number of nitrogens with zero attached hydrogens (tertiary/aromatic N) is 2. The molecule has 0 aliphatic heterocycles. The molecule has 2 aromatic rings. The quantitative estimate of drug-likeness (QED) is 0.588. The maximum Gasteiger partial charge on any atom is 0.335 e. The van der Waals surface area contributed by atoms with E-state index in [1.807, 2.05) is 19.1 Å². The molecule has 2 rings (SSSR count). The van der Waals surface area contributed by atoms with Gasteiger partial charge in [0.15, 0.2) is 0 Å². The number of aliphatic hydroxyl groups excluding tert-OH is 1. The van der Waals surface area contributed by atoms with E-state index in [4.69, 9.17) is 4.74 Å². The second-order valence-electron chi connectivity index (χ2n) is 6.69. The number of carboxylic acids is 1. The van der Waals surface area contributed by atoms with Gasteiger partial charge in [0.1, 0.15) is 0 Å². The maximum absolute atomic E-state index is 11.2. The number of nitrogens with one attached hydrogen (secondary N) is 1. The Morgan fingerprint density at radius 3 is 2.56 bits per heavy atom. The highest BCUT2D eigenvalue weighted by Gasteiger charge is 2.11. The normalized spacial score (nSPS) is 11.0. The number of aromatic nitrogens is 2.